The van der Waals surface area contributed by atoms with Crippen molar-refractivity contribution >= 4 is 24.3 Å². The van der Waals surface area contributed by atoms with Crippen LogP contribution in [0.4, 0.5) is 0 Å². The van der Waals surface area contributed by atoms with Crippen molar-refractivity contribution < 1.29 is 14.6 Å². The smallest absolute Gasteiger partial charge is 0.261 e. The Labute approximate surface area is 171 Å². The number of nitriles is 1. The summed E-state index contributed by atoms with van der Waals surface area (Å²) in [5.74, 6) is 0.431. The number of furan rings is 1. The summed E-state index contributed by atoms with van der Waals surface area (Å²) in [6.07, 6.45) is 0.571. The van der Waals surface area contributed by atoms with Crippen LogP contribution in [0, 0.1) is 18.3 Å². The molecule has 0 saturated carbocycles. The summed E-state index contributed by atoms with van der Waals surface area (Å²) in [7, 11) is 0. The summed E-state index contributed by atoms with van der Waals surface area (Å²) in [5, 5.41) is 30.1. The van der Waals surface area contributed by atoms with Crippen LogP contribution < -0.4 is 16.0 Å². The third kappa shape index (κ3) is 3.83. The molecule has 6 nitrogen and oxygen atoms in total. The molecule has 2 N–H and O–H groups in total. The van der Waals surface area contributed by atoms with Gasteiger partial charge in [-0.2, -0.15) is 5.26 Å². The Kier molecular flexibility index (Phi) is 5.64. The first-order valence-corrected chi connectivity index (χ1v) is 9.22. The molecule has 2 heterocycles. The lowest BCUT2D eigenvalue weighted by atomic mass is 10.1. The predicted octanol–water partition coefficient (Wildman–Crippen LogP) is 2.27. The Hall–Kier alpha value is -3.27. The second kappa shape index (κ2) is 8.00. The fourth-order valence-corrected chi connectivity index (χ4v) is 3.24. The molecule has 0 saturated heterocycles. The van der Waals surface area contributed by atoms with Gasteiger partial charge in [0.25, 0.3) is 5.56 Å². The Bertz CT molecular complexity index is 1300. The monoisotopic (exact) mass is 410 g/mol. The summed E-state index contributed by atoms with van der Waals surface area (Å²) < 4.78 is 6.81. The van der Waals surface area contributed by atoms with Crippen molar-refractivity contribution in [2.45, 2.75) is 26.5 Å². The van der Waals surface area contributed by atoms with E-state index in [9.17, 15) is 20.3 Å². The SMILES string of the molecule is C=c1c(C#N)c(O)n(CC(C)O)c(=O)c1=Cc1ccc(-c2cccc(Cl)c2C)o1. The van der Waals surface area contributed by atoms with Gasteiger partial charge >= 0.3 is 0 Å². The maximum absolute atomic E-state index is 12.8. The minimum atomic E-state index is -0.894. The molecule has 2 aromatic heterocycles. The van der Waals surface area contributed by atoms with E-state index >= 15 is 0 Å². The molecule has 0 amide bonds. The number of aromatic hydroxyl groups is 1. The van der Waals surface area contributed by atoms with E-state index in [4.69, 9.17) is 16.0 Å². The highest BCUT2D eigenvalue weighted by Gasteiger charge is 2.15. The van der Waals surface area contributed by atoms with Crippen LogP contribution in [0.15, 0.2) is 39.5 Å². The third-order valence-electron chi connectivity index (χ3n) is 4.59. The molecule has 0 bridgehead atoms. The molecular formula is C22H19ClN2O4. The minimum absolute atomic E-state index is 0.0914. The van der Waals surface area contributed by atoms with E-state index in [2.05, 4.69) is 6.58 Å². The normalized spacial score (nSPS) is 12.7. The lowest BCUT2D eigenvalue weighted by molar-refractivity contribution is 0.167. The molecule has 0 aliphatic carbocycles. The number of hydrogen-bond donors (Lipinski definition) is 2. The lowest BCUT2D eigenvalue weighted by Crippen LogP contribution is -2.46. The van der Waals surface area contributed by atoms with Gasteiger partial charge in [-0.05, 0) is 43.7 Å². The summed E-state index contributed by atoms with van der Waals surface area (Å²) in [5.41, 5.74) is 0.976. The summed E-state index contributed by atoms with van der Waals surface area (Å²) in [6, 6.07) is 10.8. The highest BCUT2D eigenvalue weighted by atomic mass is 35.5. The van der Waals surface area contributed by atoms with E-state index in [1.54, 1.807) is 18.2 Å². The van der Waals surface area contributed by atoms with Crippen molar-refractivity contribution in [3.63, 3.8) is 0 Å². The molecule has 148 valence electrons. The van der Waals surface area contributed by atoms with Crippen molar-refractivity contribution in [2.75, 3.05) is 0 Å². The molecule has 1 unspecified atom stereocenters. The van der Waals surface area contributed by atoms with Gasteiger partial charge in [-0.3, -0.25) is 9.36 Å². The predicted molar refractivity (Wildman–Crippen MR) is 111 cm³/mol. The average molecular weight is 411 g/mol. The number of pyridine rings is 1. The second-order valence-corrected chi connectivity index (χ2v) is 7.13. The summed E-state index contributed by atoms with van der Waals surface area (Å²) in [4.78, 5) is 12.8. The zero-order chi connectivity index (χ0) is 21.3. The molecule has 0 fully saturated rings. The van der Waals surface area contributed by atoms with Gasteiger partial charge in [0.2, 0.25) is 5.88 Å². The molecule has 7 heteroatoms. The zero-order valence-electron chi connectivity index (χ0n) is 15.9. The molecule has 3 rings (SSSR count). The third-order valence-corrected chi connectivity index (χ3v) is 5.00. The first kappa shape index (κ1) is 20.5. The van der Waals surface area contributed by atoms with Crippen LogP contribution in [-0.4, -0.2) is 20.9 Å². The molecular weight excluding hydrogens is 392 g/mol. The molecule has 0 aliphatic rings. The van der Waals surface area contributed by atoms with Crippen LogP contribution in [0.5, 0.6) is 5.88 Å². The average Bonchev–Trinajstić information content (AvgIpc) is 3.13. The molecule has 0 spiro atoms. The largest absolute Gasteiger partial charge is 0.493 e. The molecule has 1 aromatic carbocycles. The van der Waals surface area contributed by atoms with Crippen molar-refractivity contribution in [1.82, 2.24) is 4.57 Å². The second-order valence-electron chi connectivity index (χ2n) is 6.73. The van der Waals surface area contributed by atoms with E-state index in [1.165, 1.54) is 13.0 Å². The van der Waals surface area contributed by atoms with E-state index in [0.717, 1.165) is 15.7 Å². The summed E-state index contributed by atoms with van der Waals surface area (Å²) >= 11 is 6.17. The first-order valence-electron chi connectivity index (χ1n) is 8.84. The van der Waals surface area contributed by atoms with Gasteiger partial charge in [0, 0.05) is 15.8 Å². The number of aromatic nitrogens is 1. The van der Waals surface area contributed by atoms with Crippen LogP contribution in [0.25, 0.3) is 24.0 Å². The highest BCUT2D eigenvalue weighted by molar-refractivity contribution is 6.31. The van der Waals surface area contributed by atoms with E-state index in [0.29, 0.717) is 16.5 Å². The van der Waals surface area contributed by atoms with E-state index in [1.807, 2.05) is 25.1 Å². The fourth-order valence-electron chi connectivity index (χ4n) is 3.07. The van der Waals surface area contributed by atoms with Crippen LogP contribution in [0.3, 0.4) is 0 Å². The number of halogens is 1. The lowest BCUT2D eigenvalue weighted by Gasteiger charge is -2.12. The first-order chi connectivity index (χ1) is 13.7. The van der Waals surface area contributed by atoms with Crippen LogP contribution in [0.1, 0.15) is 23.8 Å². The van der Waals surface area contributed by atoms with E-state index in [-0.39, 0.29) is 22.5 Å². The molecule has 0 radical (unpaired) electrons. The van der Waals surface area contributed by atoms with Crippen LogP contribution in [-0.2, 0) is 6.54 Å². The Balaban J connectivity index is 2.21. The Morgan fingerprint density at radius 1 is 1.38 bits per heavy atom. The van der Waals surface area contributed by atoms with Crippen LogP contribution in [0.2, 0.25) is 5.02 Å². The van der Waals surface area contributed by atoms with Crippen molar-refractivity contribution in [3.8, 4) is 23.3 Å². The fraction of sp³-hybridized carbons (Fsp3) is 0.182. The number of aliphatic hydroxyl groups is 1. The topological polar surface area (TPSA) is 99.4 Å². The molecule has 0 aliphatic heterocycles. The maximum Gasteiger partial charge on any atom is 0.261 e. The van der Waals surface area contributed by atoms with Crippen molar-refractivity contribution in [3.05, 3.63) is 73.0 Å². The number of rotatable bonds is 4. The number of nitrogens with zero attached hydrogens (tertiary/aromatic N) is 2. The molecule has 29 heavy (non-hydrogen) atoms. The van der Waals surface area contributed by atoms with Crippen LogP contribution >= 0.6 is 11.6 Å². The van der Waals surface area contributed by atoms with Gasteiger partial charge in [-0.15, -0.1) is 0 Å². The quantitative estimate of drug-likeness (QED) is 0.687. The van der Waals surface area contributed by atoms with Crippen molar-refractivity contribution in [2.24, 2.45) is 0 Å². The zero-order valence-corrected chi connectivity index (χ0v) is 16.7. The summed E-state index contributed by atoms with van der Waals surface area (Å²) in [6.45, 7) is 6.97. The van der Waals surface area contributed by atoms with Gasteiger partial charge in [0.05, 0.1) is 17.9 Å². The molecule has 3 aromatic rings. The Morgan fingerprint density at radius 2 is 2.10 bits per heavy atom. The standard InChI is InChI=1S/C22H19ClN2O4/c1-12(26)11-25-21(27)17(13(2)18(10-24)22(25)28)9-15-7-8-20(29-15)16-5-4-6-19(23)14(16)3/h4-9,12,26,28H,2,11H2,1,3H3. The van der Waals surface area contributed by atoms with Gasteiger partial charge < -0.3 is 14.6 Å². The van der Waals surface area contributed by atoms with Gasteiger partial charge in [-0.25, -0.2) is 0 Å². The van der Waals surface area contributed by atoms with E-state index < -0.39 is 17.5 Å². The number of benzene rings is 1. The number of hydrogen-bond acceptors (Lipinski definition) is 5. The van der Waals surface area contributed by atoms with Gasteiger partial charge in [-0.1, -0.05) is 30.3 Å². The minimum Gasteiger partial charge on any atom is -0.493 e. The highest BCUT2D eigenvalue weighted by Crippen LogP contribution is 2.29. The number of aliphatic hydroxyl groups excluding tert-OH is 1. The molecule has 1 atom stereocenters. The Morgan fingerprint density at radius 3 is 2.76 bits per heavy atom. The van der Waals surface area contributed by atoms with Crippen molar-refractivity contribution in [1.29, 1.82) is 5.26 Å². The van der Waals surface area contributed by atoms with Gasteiger partial charge in [0.1, 0.15) is 23.2 Å². The maximum atomic E-state index is 12.8. The van der Waals surface area contributed by atoms with Gasteiger partial charge in [0.15, 0.2) is 0 Å².